The average Bonchev–Trinajstić information content (AvgIpc) is 2.56. The first-order chi connectivity index (χ1) is 10.3. The highest BCUT2D eigenvalue weighted by Gasteiger charge is 2.21. The Bertz CT molecular complexity index is 437. The molecule has 1 aromatic rings. The highest BCUT2D eigenvalue weighted by Crippen LogP contribution is 2.22. The maximum absolute atomic E-state index is 5.32. The molecule has 0 aliphatic carbocycles. The largest absolute Gasteiger partial charge is 0.497 e. The fraction of sp³-hybridized carbons (Fsp3) is 0.647. The topological polar surface area (TPSA) is 27.7 Å². The lowest BCUT2D eigenvalue weighted by Crippen LogP contribution is -2.49. The third-order valence-corrected chi connectivity index (χ3v) is 4.71. The maximum Gasteiger partial charge on any atom is 0.120 e. The van der Waals surface area contributed by atoms with E-state index in [1.807, 2.05) is 6.07 Å². The van der Waals surface area contributed by atoms with Crippen molar-refractivity contribution in [3.05, 3.63) is 24.3 Å². The van der Waals surface area contributed by atoms with Gasteiger partial charge in [-0.15, -0.1) is 0 Å². The van der Waals surface area contributed by atoms with Crippen LogP contribution in [0.25, 0.3) is 0 Å². The zero-order valence-corrected chi connectivity index (χ0v) is 13.1. The van der Waals surface area contributed by atoms with Gasteiger partial charge in [0.25, 0.3) is 0 Å². The standard InChI is InChI=1S/C17H27N3O/c1-21-17-6-2-5-16(12-17)20-10-8-19(9-11-20)14-15-4-3-7-18-13-15/h2,5-6,12,15,18H,3-4,7-11,13-14H2,1H3. The van der Waals surface area contributed by atoms with E-state index in [0.717, 1.165) is 24.8 Å². The Kier molecular flexibility index (Phi) is 4.99. The monoisotopic (exact) mass is 289 g/mol. The molecule has 2 aliphatic rings. The number of benzene rings is 1. The van der Waals surface area contributed by atoms with E-state index in [1.54, 1.807) is 7.11 Å². The van der Waals surface area contributed by atoms with Crippen LogP contribution < -0.4 is 15.0 Å². The molecule has 2 saturated heterocycles. The lowest BCUT2D eigenvalue weighted by molar-refractivity contribution is 0.199. The first-order valence-corrected chi connectivity index (χ1v) is 8.17. The van der Waals surface area contributed by atoms with Crippen molar-refractivity contribution < 1.29 is 4.74 Å². The van der Waals surface area contributed by atoms with Crippen molar-refractivity contribution in [2.45, 2.75) is 12.8 Å². The molecule has 0 saturated carbocycles. The van der Waals surface area contributed by atoms with Crippen LogP contribution in [0.15, 0.2) is 24.3 Å². The number of nitrogens with one attached hydrogen (secondary N) is 1. The molecule has 0 bridgehead atoms. The van der Waals surface area contributed by atoms with Crippen LogP contribution in [0.4, 0.5) is 5.69 Å². The summed E-state index contributed by atoms with van der Waals surface area (Å²) in [6, 6.07) is 8.41. The van der Waals surface area contributed by atoms with E-state index >= 15 is 0 Å². The molecular weight excluding hydrogens is 262 g/mol. The second-order valence-electron chi connectivity index (χ2n) is 6.20. The van der Waals surface area contributed by atoms with Gasteiger partial charge in [-0.05, 0) is 44.0 Å². The van der Waals surface area contributed by atoms with E-state index in [9.17, 15) is 0 Å². The number of methoxy groups -OCH3 is 1. The minimum absolute atomic E-state index is 0.849. The SMILES string of the molecule is COc1cccc(N2CCN(CC3CCCNC3)CC2)c1. The Morgan fingerprint density at radius 3 is 2.81 bits per heavy atom. The molecule has 0 spiro atoms. The Hall–Kier alpha value is -1.26. The molecule has 3 rings (SSSR count). The molecule has 2 fully saturated rings. The summed E-state index contributed by atoms with van der Waals surface area (Å²) >= 11 is 0. The van der Waals surface area contributed by atoms with Gasteiger partial charge in [0.15, 0.2) is 0 Å². The molecule has 1 aromatic carbocycles. The minimum atomic E-state index is 0.849. The number of hydrogen-bond acceptors (Lipinski definition) is 4. The Balaban J connectivity index is 1.50. The summed E-state index contributed by atoms with van der Waals surface area (Å²) in [7, 11) is 1.73. The zero-order chi connectivity index (χ0) is 14.5. The molecule has 1 unspecified atom stereocenters. The van der Waals surface area contributed by atoms with Crippen LogP contribution in [0.2, 0.25) is 0 Å². The third kappa shape index (κ3) is 3.89. The normalized spacial score (nSPS) is 24.0. The molecule has 116 valence electrons. The Labute approximate surface area is 128 Å². The lowest BCUT2D eigenvalue weighted by atomic mass is 9.99. The van der Waals surface area contributed by atoms with E-state index in [4.69, 9.17) is 4.74 Å². The van der Waals surface area contributed by atoms with Crippen LogP contribution in [0.3, 0.4) is 0 Å². The third-order valence-electron chi connectivity index (χ3n) is 4.71. The van der Waals surface area contributed by atoms with Crippen LogP contribution in [0.1, 0.15) is 12.8 Å². The summed E-state index contributed by atoms with van der Waals surface area (Å²) in [4.78, 5) is 5.10. The number of anilines is 1. The van der Waals surface area contributed by atoms with Gasteiger partial charge in [-0.1, -0.05) is 6.07 Å². The van der Waals surface area contributed by atoms with E-state index in [-0.39, 0.29) is 0 Å². The number of hydrogen-bond donors (Lipinski definition) is 1. The Morgan fingerprint density at radius 1 is 1.24 bits per heavy atom. The van der Waals surface area contributed by atoms with Gasteiger partial charge in [0.2, 0.25) is 0 Å². The van der Waals surface area contributed by atoms with E-state index in [1.165, 1.54) is 51.3 Å². The van der Waals surface area contributed by atoms with Crippen LogP contribution in [0.5, 0.6) is 5.75 Å². The lowest BCUT2D eigenvalue weighted by Gasteiger charge is -2.38. The molecule has 21 heavy (non-hydrogen) atoms. The van der Waals surface area contributed by atoms with E-state index in [0.29, 0.717) is 0 Å². The summed E-state index contributed by atoms with van der Waals surface area (Å²) in [5, 5.41) is 3.52. The van der Waals surface area contributed by atoms with Gasteiger partial charge < -0.3 is 15.0 Å². The molecule has 2 heterocycles. The summed E-state index contributed by atoms with van der Waals surface area (Å²) in [5.41, 5.74) is 1.29. The first kappa shape index (κ1) is 14.7. The minimum Gasteiger partial charge on any atom is -0.497 e. The summed E-state index contributed by atoms with van der Waals surface area (Å²) in [6.45, 7) is 8.26. The molecule has 0 radical (unpaired) electrons. The fourth-order valence-corrected chi connectivity index (χ4v) is 3.44. The summed E-state index contributed by atoms with van der Waals surface area (Å²) in [6.07, 6.45) is 2.73. The van der Waals surface area contributed by atoms with Crippen LogP contribution in [0, 0.1) is 5.92 Å². The first-order valence-electron chi connectivity index (χ1n) is 8.17. The number of ether oxygens (including phenoxy) is 1. The predicted molar refractivity (Wildman–Crippen MR) is 87.2 cm³/mol. The highest BCUT2D eigenvalue weighted by molar-refractivity contribution is 5.51. The molecular formula is C17H27N3O. The Morgan fingerprint density at radius 2 is 2.10 bits per heavy atom. The van der Waals surface area contributed by atoms with Crippen molar-refractivity contribution in [3.8, 4) is 5.75 Å². The van der Waals surface area contributed by atoms with E-state index in [2.05, 4.69) is 33.3 Å². The molecule has 4 nitrogen and oxygen atoms in total. The number of nitrogens with zero attached hydrogens (tertiary/aromatic N) is 2. The van der Waals surface area contributed by atoms with Crippen molar-refractivity contribution >= 4 is 5.69 Å². The highest BCUT2D eigenvalue weighted by atomic mass is 16.5. The molecule has 0 aromatic heterocycles. The van der Waals surface area contributed by atoms with Gasteiger partial charge in [0.05, 0.1) is 7.11 Å². The number of piperidine rings is 1. The average molecular weight is 289 g/mol. The van der Waals surface area contributed by atoms with Crippen molar-refractivity contribution in [1.82, 2.24) is 10.2 Å². The molecule has 0 amide bonds. The summed E-state index contributed by atoms with van der Waals surface area (Å²) < 4.78 is 5.32. The molecule has 4 heteroatoms. The van der Waals surface area contributed by atoms with Gasteiger partial charge in [-0.2, -0.15) is 0 Å². The zero-order valence-electron chi connectivity index (χ0n) is 13.1. The van der Waals surface area contributed by atoms with Gasteiger partial charge >= 0.3 is 0 Å². The van der Waals surface area contributed by atoms with Gasteiger partial charge in [0.1, 0.15) is 5.75 Å². The number of rotatable bonds is 4. The quantitative estimate of drug-likeness (QED) is 0.915. The van der Waals surface area contributed by atoms with Gasteiger partial charge in [0, 0.05) is 44.5 Å². The molecule has 1 atom stereocenters. The van der Waals surface area contributed by atoms with Crippen molar-refractivity contribution in [2.75, 3.05) is 57.8 Å². The van der Waals surface area contributed by atoms with Crippen LogP contribution in [-0.4, -0.2) is 57.8 Å². The smallest absolute Gasteiger partial charge is 0.120 e. The van der Waals surface area contributed by atoms with Crippen molar-refractivity contribution in [3.63, 3.8) is 0 Å². The second kappa shape index (κ2) is 7.14. The maximum atomic E-state index is 5.32. The van der Waals surface area contributed by atoms with E-state index < -0.39 is 0 Å². The van der Waals surface area contributed by atoms with Crippen LogP contribution >= 0.6 is 0 Å². The van der Waals surface area contributed by atoms with Crippen LogP contribution in [-0.2, 0) is 0 Å². The second-order valence-corrected chi connectivity index (χ2v) is 6.20. The molecule has 1 N–H and O–H groups in total. The van der Waals surface area contributed by atoms with Gasteiger partial charge in [-0.3, -0.25) is 4.90 Å². The number of piperazine rings is 1. The summed E-state index contributed by atoms with van der Waals surface area (Å²) in [5.74, 6) is 1.80. The molecule has 2 aliphatic heterocycles. The van der Waals surface area contributed by atoms with Gasteiger partial charge in [-0.25, -0.2) is 0 Å². The fourth-order valence-electron chi connectivity index (χ4n) is 3.44. The van der Waals surface area contributed by atoms with Crippen molar-refractivity contribution in [2.24, 2.45) is 5.92 Å². The van der Waals surface area contributed by atoms with Crippen molar-refractivity contribution in [1.29, 1.82) is 0 Å². The predicted octanol–water partition coefficient (Wildman–Crippen LogP) is 1.82.